The number of methoxy groups -OCH3 is 1. The van der Waals surface area contributed by atoms with Gasteiger partial charge in [0.1, 0.15) is 18.1 Å². The highest BCUT2D eigenvalue weighted by Gasteiger charge is 2.31. The number of halogens is 1. The summed E-state index contributed by atoms with van der Waals surface area (Å²) in [4.78, 5) is 18.5. The van der Waals surface area contributed by atoms with Crippen LogP contribution in [-0.4, -0.2) is 40.5 Å². The van der Waals surface area contributed by atoms with Crippen LogP contribution < -0.4 is 9.47 Å². The van der Waals surface area contributed by atoms with Crippen LogP contribution in [0.2, 0.25) is 0 Å². The molecule has 0 fully saturated rings. The van der Waals surface area contributed by atoms with E-state index in [0.717, 1.165) is 16.3 Å². The fourth-order valence-electron chi connectivity index (χ4n) is 3.07. The third-order valence-electron chi connectivity index (χ3n) is 4.67. The van der Waals surface area contributed by atoms with Crippen molar-refractivity contribution in [2.24, 2.45) is 5.10 Å². The second-order valence-electron chi connectivity index (χ2n) is 6.49. The first-order valence-electron chi connectivity index (χ1n) is 8.94. The van der Waals surface area contributed by atoms with Gasteiger partial charge in [-0.3, -0.25) is 14.7 Å². The van der Waals surface area contributed by atoms with Crippen molar-refractivity contribution in [3.05, 3.63) is 77.8 Å². The van der Waals surface area contributed by atoms with Gasteiger partial charge in [0, 0.05) is 5.56 Å². The molecule has 0 radical (unpaired) electrons. The van der Waals surface area contributed by atoms with Crippen molar-refractivity contribution >= 4 is 11.7 Å². The molecule has 1 aromatic carbocycles. The van der Waals surface area contributed by atoms with Crippen molar-refractivity contribution < 1.29 is 18.7 Å². The van der Waals surface area contributed by atoms with E-state index >= 15 is 0 Å². The fraction of sp³-hybridized carbons (Fsp3) is 0.190. The number of pyridine rings is 1. The maximum Gasteiger partial charge on any atom is 0.260 e. The first kappa shape index (κ1) is 18.7. The molecule has 3 heterocycles. The van der Waals surface area contributed by atoms with Gasteiger partial charge in [-0.05, 0) is 48.0 Å². The maximum absolute atomic E-state index is 13.1. The van der Waals surface area contributed by atoms with Crippen LogP contribution in [0.3, 0.4) is 0 Å². The van der Waals surface area contributed by atoms with Gasteiger partial charge in [-0.25, -0.2) is 9.40 Å². The Balaban J connectivity index is 1.47. The normalized spacial score (nSPS) is 15.4. The van der Waals surface area contributed by atoms with Gasteiger partial charge in [0.05, 0.1) is 31.2 Å². The van der Waals surface area contributed by atoms with Crippen LogP contribution >= 0.6 is 0 Å². The van der Waals surface area contributed by atoms with E-state index in [1.54, 1.807) is 37.6 Å². The summed E-state index contributed by atoms with van der Waals surface area (Å²) in [5.41, 5.74) is 2.59. The molecule has 0 unspecified atom stereocenters. The van der Waals surface area contributed by atoms with Gasteiger partial charge < -0.3 is 9.47 Å². The Hall–Kier alpha value is -3.68. The molecule has 148 valence electrons. The number of alkyl halides is 1. The number of hydrogen-bond donors (Lipinski definition) is 0. The lowest BCUT2D eigenvalue weighted by Crippen LogP contribution is -2.34. The number of allylic oxidation sites excluding steroid dienone is 1. The molecule has 2 aliphatic heterocycles. The number of carbonyl (C=O) groups excluding carboxylic acids is 1. The average molecular weight is 394 g/mol. The number of carbonyl (C=O) groups is 1. The van der Waals surface area contributed by atoms with Gasteiger partial charge in [-0.2, -0.15) is 5.10 Å². The Morgan fingerprint density at radius 1 is 1.21 bits per heavy atom. The largest absolute Gasteiger partial charge is 0.495 e. The lowest BCUT2D eigenvalue weighted by molar-refractivity contribution is 0.0863. The Morgan fingerprint density at radius 3 is 2.76 bits per heavy atom. The molecule has 0 N–H and O–H groups in total. The molecular weight excluding hydrogens is 375 g/mol. The first-order valence-corrected chi connectivity index (χ1v) is 8.94. The highest BCUT2D eigenvalue weighted by molar-refractivity contribution is 6.13. The molecule has 0 atom stereocenters. The SMILES string of the molecule is C=C1C=CC(N2Cc3cc(OCc4ccc(OC)cn4)ccc3C2=O)=NN1CF. The van der Waals surface area contributed by atoms with E-state index in [9.17, 15) is 9.18 Å². The minimum absolute atomic E-state index is 0.182. The number of benzene rings is 1. The summed E-state index contributed by atoms with van der Waals surface area (Å²) in [6.07, 6.45) is 4.92. The van der Waals surface area contributed by atoms with Crippen LogP contribution in [0.1, 0.15) is 21.6 Å². The third kappa shape index (κ3) is 3.69. The zero-order valence-electron chi connectivity index (χ0n) is 15.8. The molecule has 0 aliphatic carbocycles. The lowest BCUT2D eigenvalue weighted by Gasteiger charge is -2.24. The molecule has 0 saturated carbocycles. The van der Waals surface area contributed by atoms with Crippen molar-refractivity contribution in [3.63, 3.8) is 0 Å². The summed E-state index contributed by atoms with van der Waals surface area (Å²) < 4.78 is 24.0. The molecule has 1 amide bonds. The van der Waals surface area contributed by atoms with Crippen molar-refractivity contribution in [2.45, 2.75) is 13.2 Å². The standard InChI is InChI=1S/C21H19FN4O3/c1-14-3-8-20(24-26(14)13-22)25-11-15-9-17(6-7-19(15)21(25)27)29-12-16-4-5-18(28-2)10-23-16/h3-10H,1,11-13H2,2H3. The van der Waals surface area contributed by atoms with E-state index in [1.807, 2.05) is 18.2 Å². The molecular formula is C21H19FN4O3. The molecule has 1 aromatic heterocycles. The molecule has 29 heavy (non-hydrogen) atoms. The van der Waals surface area contributed by atoms with E-state index in [-0.39, 0.29) is 5.91 Å². The molecule has 2 aromatic rings. The number of hydrogen-bond acceptors (Lipinski definition) is 6. The van der Waals surface area contributed by atoms with Gasteiger partial charge in [-0.15, -0.1) is 0 Å². The molecule has 8 heteroatoms. The molecule has 0 spiro atoms. The van der Waals surface area contributed by atoms with Crippen LogP contribution in [-0.2, 0) is 13.2 Å². The maximum atomic E-state index is 13.1. The number of amidine groups is 1. The number of amides is 1. The second kappa shape index (κ2) is 7.75. The minimum Gasteiger partial charge on any atom is -0.495 e. The van der Waals surface area contributed by atoms with Gasteiger partial charge >= 0.3 is 0 Å². The van der Waals surface area contributed by atoms with E-state index in [2.05, 4.69) is 16.7 Å². The summed E-state index contributed by atoms with van der Waals surface area (Å²) >= 11 is 0. The second-order valence-corrected chi connectivity index (χ2v) is 6.49. The van der Waals surface area contributed by atoms with Gasteiger partial charge in [0.15, 0.2) is 12.6 Å². The Bertz CT molecular complexity index is 1020. The minimum atomic E-state index is -0.807. The van der Waals surface area contributed by atoms with E-state index in [0.29, 0.717) is 41.7 Å². The number of rotatable bonds is 5. The Labute approximate surface area is 167 Å². The van der Waals surface area contributed by atoms with E-state index in [4.69, 9.17) is 9.47 Å². The molecule has 0 saturated heterocycles. The predicted octanol–water partition coefficient (Wildman–Crippen LogP) is 3.25. The van der Waals surface area contributed by atoms with Gasteiger partial charge in [0.2, 0.25) is 0 Å². The fourth-order valence-corrected chi connectivity index (χ4v) is 3.07. The molecule has 4 rings (SSSR count). The third-order valence-corrected chi connectivity index (χ3v) is 4.67. The van der Waals surface area contributed by atoms with Gasteiger partial charge in [0.25, 0.3) is 5.91 Å². The first-order chi connectivity index (χ1) is 14.1. The predicted molar refractivity (Wildman–Crippen MR) is 105 cm³/mol. The lowest BCUT2D eigenvalue weighted by atomic mass is 10.1. The summed E-state index contributed by atoms with van der Waals surface area (Å²) in [7, 11) is 1.59. The highest BCUT2D eigenvalue weighted by Crippen LogP contribution is 2.29. The zero-order valence-corrected chi connectivity index (χ0v) is 15.8. The quantitative estimate of drug-likeness (QED) is 0.729. The number of aromatic nitrogens is 1. The highest BCUT2D eigenvalue weighted by atomic mass is 19.1. The summed E-state index contributed by atoms with van der Waals surface area (Å²) in [5, 5.41) is 5.27. The summed E-state index contributed by atoms with van der Waals surface area (Å²) in [6.45, 7) is 3.54. The van der Waals surface area contributed by atoms with Crippen LogP contribution in [0.15, 0.2) is 66.1 Å². The number of fused-ring (bicyclic) bond motifs is 1. The van der Waals surface area contributed by atoms with Crippen LogP contribution in [0.5, 0.6) is 11.5 Å². The van der Waals surface area contributed by atoms with Crippen molar-refractivity contribution in [1.82, 2.24) is 14.9 Å². The summed E-state index contributed by atoms with van der Waals surface area (Å²) in [5.74, 6) is 1.51. The number of nitrogens with zero attached hydrogens (tertiary/aromatic N) is 4. The van der Waals surface area contributed by atoms with E-state index in [1.165, 1.54) is 4.90 Å². The van der Waals surface area contributed by atoms with Crippen molar-refractivity contribution in [2.75, 3.05) is 13.9 Å². The van der Waals surface area contributed by atoms with Crippen LogP contribution in [0.4, 0.5) is 4.39 Å². The Morgan fingerprint density at radius 2 is 2.03 bits per heavy atom. The monoisotopic (exact) mass is 394 g/mol. The van der Waals surface area contributed by atoms with Crippen LogP contribution in [0, 0.1) is 0 Å². The summed E-state index contributed by atoms with van der Waals surface area (Å²) in [6, 6.07) is 8.95. The topological polar surface area (TPSA) is 67.3 Å². The van der Waals surface area contributed by atoms with Crippen molar-refractivity contribution in [1.29, 1.82) is 0 Å². The molecule has 2 aliphatic rings. The molecule has 7 nitrogen and oxygen atoms in total. The average Bonchev–Trinajstić information content (AvgIpc) is 3.09. The smallest absolute Gasteiger partial charge is 0.260 e. The number of ether oxygens (including phenoxy) is 2. The van der Waals surface area contributed by atoms with E-state index < -0.39 is 6.80 Å². The molecule has 0 bridgehead atoms. The Kier molecular flexibility index (Phi) is 4.99. The van der Waals surface area contributed by atoms with Gasteiger partial charge in [-0.1, -0.05) is 6.58 Å². The van der Waals surface area contributed by atoms with Crippen molar-refractivity contribution in [3.8, 4) is 11.5 Å². The zero-order chi connectivity index (χ0) is 20.4. The number of hydrazone groups is 1. The van der Waals surface area contributed by atoms with Crippen LogP contribution in [0.25, 0.3) is 0 Å².